The maximum atomic E-state index is 11.2. The molecule has 11 heavy (non-hydrogen) atoms. The molecule has 2 heteroatoms. The first-order valence-corrected chi connectivity index (χ1v) is 4.19. The fourth-order valence-electron chi connectivity index (χ4n) is 1.77. The number of rotatable bonds is 2. The molecule has 64 valence electrons. The monoisotopic (exact) mass is 156 g/mol. The third kappa shape index (κ3) is 0.959. The SMILES string of the molecule is CC(C)C1(C(C)C)COC1=O. The van der Waals surface area contributed by atoms with Crippen molar-refractivity contribution in [2.24, 2.45) is 17.3 Å². The first-order valence-electron chi connectivity index (χ1n) is 4.19. The molecule has 1 heterocycles. The average Bonchev–Trinajstić information content (AvgIpc) is 1.83. The highest BCUT2D eigenvalue weighted by Gasteiger charge is 2.53. The molecule has 0 spiro atoms. The molecule has 0 radical (unpaired) electrons. The quantitative estimate of drug-likeness (QED) is 0.570. The fraction of sp³-hybridized carbons (Fsp3) is 0.889. The van der Waals surface area contributed by atoms with Gasteiger partial charge in [-0.25, -0.2) is 0 Å². The van der Waals surface area contributed by atoms with E-state index in [0.717, 1.165) is 0 Å². The first-order chi connectivity index (χ1) is 5.01. The molecule has 0 saturated carbocycles. The summed E-state index contributed by atoms with van der Waals surface area (Å²) in [4.78, 5) is 11.2. The standard InChI is InChI=1S/C9H16O2/c1-6(2)9(7(3)4)5-11-8(9)10/h6-7H,5H2,1-4H3. The molecule has 0 unspecified atom stereocenters. The van der Waals surface area contributed by atoms with Crippen molar-refractivity contribution in [3.63, 3.8) is 0 Å². The molecule has 0 bridgehead atoms. The maximum absolute atomic E-state index is 11.2. The second-order valence-electron chi connectivity index (χ2n) is 3.93. The van der Waals surface area contributed by atoms with Crippen LogP contribution in [0.15, 0.2) is 0 Å². The van der Waals surface area contributed by atoms with Gasteiger partial charge in [0, 0.05) is 0 Å². The minimum Gasteiger partial charge on any atom is -0.464 e. The lowest BCUT2D eigenvalue weighted by atomic mass is 9.67. The van der Waals surface area contributed by atoms with E-state index in [4.69, 9.17) is 4.74 Å². The van der Waals surface area contributed by atoms with Crippen LogP contribution in [0.2, 0.25) is 0 Å². The van der Waals surface area contributed by atoms with Crippen molar-refractivity contribution in [3.05, 3.63) is 0 Å². The number of esters is 1. The number of cyclic esters (lactones) is 1. The number of ether oxygens (including phenoxy) is 1. The minimum atomic E-state index is -0.181. The Hall–Kier alpha value is -0.530. The highest BCUT2D eigenvalue weighted by molar-refractivity contribution is 5.82. The zero-order valence-corrected chi connectivity index (χ0v) is 7.68. The lowest BCUT2D eigenvalue weighted by Gasteiger charge is -2.45. The van der Waals surface area contributed by atoms with Gasteiger partial charge in [0.2, 0.25) is 0 Å². The summed E-state index contributed by atoms with van der Waals surface area (Å²) in [5.41, 5.74) is -0.181. The summed E-state index contributed by atoms with van der Waals surface area (Å²) in [5, 5.41) is 0. The van der Waals surface area contributed by atoms with Crippen molar-refractivity contribution < 1.29 is 9.53 Å². The van der Waals surface area contributed by atoms with Crippen LogP contribution in [-0.4, -0.2) is 12.6 Å². The van der Waals surface area contributed by atoms with Crippen LogP contribution in [0.5, 0.6) is 0 Å². The summed E-state index contributed by atoms with van der Waals surface area (Å²) in [6.07, 6.45) is 0. The normalized spacial score (nSPS) is 21.8. The topological polar surface area (TPSA) is 26.3 Å². The van der Waals surface area contributed by atoms with E-state index in [1.165, 1.54) is 0 Å². The molecule has 1 aliphatic rings. The molecule has 0 atom stereocenters. The van der Waals surface area contributed by atoms with Crippen LogP contribution < -0.4 is 0 Å². The highest BCUT2D eigenvalue weighted by atomic mass is 16.6. The van der Waals surface area contributed by atoms with E-state index < -0.39 is 0 Å². The van der Waals surface area contributed by atoms with Gasteiger partial charge in [-0.05, 0) is 11.8 Å². The summed E-state index contributed by atoms with van der Waals surface area (Å²) >= 11 is 0. The zero-order valence-electron chi connectivity index (χ0n) is 7.68. The summed E-state index contributed by atoms with van der Waals surface area (Å²) in [7, 11) is 0. The molecule has 1 saturated heterocycles. The van der Waals surface area contributed by atoms with Gasteiger partial charge in [0.05, 0.1) is 0 Å². The van der Waals surface area contributed by atoms with E-state index in [1.807, 2.05) is 0 Å². The number of hydrogen-bond donors (Lipinski definition) is 0. The van der Waals surface area contributed by atoms with E-state index in [1.54, 1.807) is 0 Å². The van der Waals surface area contributed by atoms with Gasteiger partial charge in [-0.2, -0.15) is 0 Å². The summed E-state index contributed by atoms with van der Waals surface area (Å²) in [5.74, 6) is 0.773. The highest BCUT2D eigenvalue weighted by Crippen LogP contribution is 2.43. The Labute approximate surface area is 67.9 Å². The molecule has 0 aromatic rings. The molecular formula is C9H16O2. The average molecular weight is 156 g/mol. The van der Waals surface area contributed by atoms with E-state index in [-0.39, 0.29) is 11.4 Å². The van der Waals surface area contributed by atoms with Gasteiger partial charge in [-0.15, -0.1) is 0 Å². The van der Waals surface area contributed by atoms with Crippen LogP contribution in [0.3, 0.4) is 0 Å². The van der Waals surface area contributed by atoms with Crippen LogP contribution in [0.1, 0.15) is 27.7 Å². The van der Waals surface area contributed by atoms with E-state index in [0.29, 0.717) is 18.4 Å². The Morgan fingerprint density at radius 2 is 1.73 bits per heavy atom. The van der Waals surface area contributed by atoms with Crippen LogP contribution in [0, 0.1) is 17.3 Å². The Bertz CT molecular complexity index is 162. The molecule has 0 N–H and O–H groups in total. The lowest BCUT2D eigenvalue weighted by Crippen LogP contribution is -2.55. The molecule has 0 amide bonds. The summed E-state index contributed by atoms with van der Waals surface area (Å²) in [6, 6.07) is 0. The molecule has 1 rings (SSSR count). The van der Waals surface area contributed by atoms with Crippen molar-refractivity contribution in [1.82, 2.24) is 0 Å². The summed E-state index contributed by atoms with van der Waals surface area (Å²) < 4.78 is 4.83. The van der Waals surface area contributed by atoms with Gasteiger partial charge in [-0.1, -0.05) is 27.7 Å². The molecule has 0 aliphatic carbocycles. The predicted molar refractivity (Wildman–Crippen MR) is 43.1 cm³/mol. The van der Waals surface area contributed by atoms with Crippen LogP contribution in [0.4, 0.5) is 0 Å². The molecule has 0 aromatic heterocycles. The van der Waals surface area contributed by atoms with Crippen molar-refractivity contribution in [3.8, 4) is 0 Å². The Morgan fingerprint density at radius 3 is 1.73 bits per heavy atom. The second-order valence-corrected chi connectivity index (χ2v) is 3.93. The van der Waals surface area contributed by atoms with Crippen molar-refractivity contribution in [2.75, 3.05) is 6.61 Å². The first kappa shape index (κ1) is 8.57. The van der Waals surface area contributed by atoms with Gasteiger partial charge in [0.15, 0.2) is 0 Å². The molecule has 1 aliphatic heterocycles. The summed E-state index contributed by atoms with van der Waals surface area (Å²) in [6.45, 7) is 8.95. The Morgan fingerprint density at radius 1 is 1.27 bits per heavy atom. The van der Waals surface area contributed by atoms with Gasteiger partial charge in [0.25, 0.3) is 0 Å². The smallest absolute Gasteiger partial charge is 0.316 e. The zero-order chi connectivity index (χ0) is 8.65. The Kier molecular flexibility index (Phi) is 1.95. The fourth-order valence-corrected chi connectivity index (χ4v) is 1.77. The van der Waals surface area contributed by atoms with Crippen molar-refractivity contribution >= 4 is 5.97 Å². The third-order valence-electron chi connectivity index (χ3n) is 2.88. The van der Waals surface area contributed by atoms with Crippen LogP contribution in [0.25, 0.3) is 0 Å². The molecule has 0 aromatic carbocycles. The molecular weight excluding hydrogens is 140 g/mol. The van der Waals surface area contributed by atoms with Crippen LogP contribution >= 0.6 is 0 Å². The van der Waals surface area contributed by atoms with Crippen LogP contribution in [-0.2, 0) is 9.53 Å². The molecule has 2 nitrogen and oxygen atoms in total. The van der Waals surface area contributed by atoms with E-state index in [2.05, 4.69) is 27.7 Å². The Balaban J connectivity index is 2.81. The van der Waals surface area contributed by atoms with Crippen molar-refractivity contribution in [2.45, 2.75) is 27.7 Å². The van der Waals surface area contributed by atoms with E-state index >= 15 is 0 Å². The maximum Gasteiger partial charge on any atom is 0.316 e. The van der Waals surface area contributed by atoms with Gasteiger partial charge in [0.1, 0.15) is 12.0 Å². The lowest BCUT2D eigenvalue weighted by molar-refractivity contribution is -0.199. The number of hydrogen-bond acceptors (Lipinski definition) is 2. The second kappa shape index (κ2) is 2.50. The van der Waals surface area contributed by atoms with Gasteiger partial charge < -0.3 is 4.74 Å². The predicted octanol–water partition coefficient (Wildman–Crippen LogP) is 1.84. The minimum absolute atomic E-state index is 0.0116. The van der Waals surface area contributed by atoms with Crippen molar-refractivity contribution in [1.29, 1.82) is 0 Å². The van der Waals surface area contributed by atoms with E-state index in [9.17, 15) is 4.79 Å². The largest absolute Gasteiger partial charge is 0.464 e. The molecule has 1 fully saturated rings. The number of carbonyl (C=O) groups is 1. The number of carbonyl (C=O) groups excluding carboxylic acids is 1. The van der Waals surface area contributed by atoms with Gasteiger partial charge >= 0.3 is 5.97 Å². The third-order valence-corrected chi connectivity index (χ3v) is 2.88. The van der Waals surface area contributed by atoms with Gasteiger partial charge in [-0.3, -0.25) is 4.79 Å².